The third-order valence-corrected chi connectivity index (χ3v) is 4.78. The van der Waals surface area contributed by atoms with Gasteiger partial charge in [-0.15, -0.1) is 10.2 Å². The number of methoxy groups -OCH3 is 1. The van der Waals surface area contributed by atoms with Crippen molar-refractivity contribution in [3.63, 3.8) is 0 Å². The molecule has 0 radical (unpaired) electrons. The molecular weight excluding hydrogens is 366 g/mol. The van der Waals surface area contributed by atoms with Crippen molar-refractivity contribution >= 4 is 28.3 Å². The van der Waals surface area contributed by atoms with E-state index in [-0.39, 0.29) is 11.1 Å². The fourth-order valence-corrected chi connectivity index (χ4v) is 3.28. The molecule has 0 saturated heterocycles. The highest BCUT2D eigenvalue weighted by atomic mass is 35.5. The Morgan fingerprint density at radius 2 is 1.93 bits per heavy atom. The molecule has 3 heterocycles. The number of halogens is 1. The van der Waals surface area contributed by atoms with Crippen LogP contribution < -0.4 is 5.56 Å². The first-order valence-electron chi connectivity index (χ1n) is 8.66. The lowest BCUT2D eigenvalue weighted by molar-refractivity contribution is 0.186. The molecule has 3 aromatic heterocycles. The Hall–Kier alpha value is -2.77. The maximum Gasteiger partial charge on any atom is 0.280 e. The third kappa shape index (κ3) is 2.98. The minimum atomic E-state index is -0.208. The molecular formula is C19H18ClN5O2. The number of ether oxygens (including phenoxy) is 1. The molecule has 0 aliphatic rings. The van der Waals surface area contributed by atoms with Crippen LogP contribution in [0.1, 0.15) is 12.6 Å². The van der Waals surface area contributed by atoms with Crippen LogP contribution in [0.25, 0.3) is 27.8 Å². The van der Waals surface area contributed by atoms with Gasteiger partial charge in [0.15, 0.2) is 11.2 Å². The van der Waals surface area contributed by atoms with Gasteiger partial charge in [0.25, 0.3) is 5.56 Å². The number of rotatable bonds is 5. The van der Waals surface area contributed by atoms with E-state index < -0.39 is 0 Å². The first kappa shape index (κ1) is 17.6. The number of fused-ring (bicyclic) bond motifs is 3. The Bertz CT molecular complexity index is 1180. The molecule has 0 atom stereocenters. The van der Waals surface area contributed by atoms with Gasteiger partial charge in [-0.2, -0.15) is 5.10 Å². The third-order valence-electron chi connectivity index (χ3n) is 4.53. The molecule has 0 bridgehead atoms. The van der Waals surface area contributed by atoms with Crippen LogP contribution in [0.4, 0.5) is 0 Å². The zero-order valence-corrected chi connectivity index (χ0v) is 15.8. The average Bonchev–Trinajstić information content (AvgIpc) is 3.07. The monoisotopic (exact) mass is 383 g/mol. The summed E-state index contributed by atoms with van der Waals surface area (Å²) < 4.78 is 8.32. The number of pyridine rings is 1. The SMILES string of the molecule is CCc1nn2c(nnc3c(=O)n(CCOC)ccc32)c1-c1ccc(Cl)cc1. The van der Waals surface area contributed by atoms with Crippen LogP contribution in [-0.2, 0) is 17.7 Å². The van der Waals surface area contributed by atoms with E-state index in [4.69, 9.17) is 21.4 Å². The highest BCUT2D eigenvalue weighted by Crippen LogP contribution is 2.29. The molecule has 7 nitrogen and oxygen atoms in total. The summed E-state index contributed by atoms with van der Waals surface area (Å²) in [4.78, 5) is 12.7. The fraction of sp³-hybridized carbons (Fsp3) is 0.263. The average molecular weight is 384 g/mol. The lowest BCUT2D eigenvalue weighted by atomic mass is 10.0. The molecule has 138 valence electrons. The van der Waals surface area contributed by atoms with Crippen LogP contribution in [0.3, 0.4) is 0 Å². The van der Waals surface area contributed by atoms with Crippen molar-refractivity contribution in [3.8, 4) is 11.1 Å². The van der Waals surface area contributed by atoms with E-state index in [0.29, 0.717) is 29.3 Å². The quantitative estimate of drug-likeness (QED) is 0.529. The van der Waals surface area contributed by atoms with Gasteiger partial charge < -0.3 is 9.30 Å². The normalized spacial score (nSPS) is 11.5. The zero-order chi connectivity index (χ0) is 19.0. The molecule has 0 amide bonds. The maximum atomic E-state index is 12.7. The largest absolute Gasteiger partial charge is 0.383 e. The van der Waals surface area contributed by atoms with Crippen molar-refractivity contribution in [2.45, 2.75) is 19.9 Å². The zero-order valence-electron chi connectivity index (χ0n) is 15.0. The number of hydrogen-bond donors (Lipinski definition) is 0. The van der Waals surface area contributed by atoms with Crippen molar-refractivity contribution in [2.24, 2.45) is 0 Å². The summed E-state index contributed by atoms with van der Waals surface area (Å²) in [5, 5.41) is 13.9. The predicted molar refractivity (Wildman–Crippen MR) is 104 cm³/mol. The number of aromatic nitrogens is 5. The van der Waals surface area contributed by atoms with Crippen LogP contribution >= 0.6 is 11.6 Å². The number of benzene rings is 1. The van der Waals surface area contributed by atoms with E-state index in [9.17, 15) is 4.79 Å². The maximum absolute atomic E-state index is 12.7. The molecule has 8 heteroatoms. The van der Waals surface area contributed by atoms with Crippen LogP contribution in [0.2, 0.25) is 5.02 Å². The first-order valence-corrected chi connectivity index (χ1v) is 9.04. The topological polar surface area (TPSA) is 74.3 Å². The smallest absolute Gasteiger partial charge is 0.280 e. The number of nitrogens with zero attached hydrogens (tertiary/aromatic N) is 5. The highest BCUT2D eigenvalue weighted by molar-refractivity contribution is 6.30. The van der Waals surface area contributed by atoms with Crippen molar-refractivity contribution in [1.82, 2.24) is 24.4 Å². The van der Waals surface area contributed by atoms with Gasteiger partial charge in [0.05, 0.1) is 17.9 Å². The van der Waals surface area contributed by atoms with Gasteiger partial charge in [0, 0.05) is 24.9 Å². The Kier molecular flexibility index (Phi) is 4.63. The fourth-order valence-electron chi connectivity index (χ4n) is 3.15. The Balaban J connectivity index is 1.97. The molecule has 0 spiro atoms. The minimum Gasteiger partial charge on any atom is -0.383 e. The van der Waals surface area contributed by atoms with Gasteiger partial charge in [-0.3, -0.25) is 4.79 Å². The lowest BCUT2D eigenvalue weighted by Crippen LogP contribution is -2.23. The van der Waals surface area contributed by atoms with Crippen LogP contribution in [0, 0.1) is 0 Å². The van der Waals surface area contributed by atoms with E-state index in [1.54, 1.807) is 22.4 Å². The van der Waals surface area contributed by atoms with Gasteiger partial charge >= 0.3 is 0 Å². The second kappa shape index (κ2) is 7.09. The highest BCUT2D eigenvalue weighted by Gasteiger charge is 2.18. The molecule has 0 aliphatic heterocycles. The molecule has 1 aromatic carbocycles. The van der Waals surface area contributed by atoms with Crippen molar-refractivity contribution in [3.05, 3.63) is 57.6 Å². The molecule has 0 N–H and O–H groups in total. The predicted octanol–water partition coefficient (Wildman–Crippen LogP) is 2.97. The van der Waals surface area contributed by atoms with Crippen molar-refractivity contribution in [2.75, 3.05) is 13.7 Å². The number of aryl methyl sites for hydroxylation is 1. The van der Waals surface area contributed by atoms with Crippen molar-refractivity contribution in [1.29, 1.82) is 0 Å². The summed E-state index contributed by atoms with van der Waals surface area (Å²) in [5.74, 6) is 0. The molecule has 0 aliphatic carbocycles. The van der Waals surface area contributed by atoms with E-state index in [1.807, 2.05) is 37.3 Å². The van der Waals surface area contributed by atoms with Crippen LogP contribution in [0.15, 0.2) is 41.3 Å². The van der Waals surface area contributed by atoms with Gasteiger partial charge in [0.2, 0.25) is 0 Å². The van der Waals surface area contributed by atoms with Crippen LogP contribution in [0.5, 0.6) is 0 Å². The summed E-state index contributed by atoms with van der Waals surface area (Å²) >= 11 is 6.02. The lowest BCUT2D eigenvalue weighted by Gasteiger charge is -2.06. The Morgan fingerprint density at radius 3 is 2.63 bits per heavy atom. The molecule has 0 unspecified atom stereocenters. The van der Waals surface area contributed by atoms with Gasteiger partial charge in [-0.05, 0) is 30.2 Å². The van der Waals surface area contributed by atoms with E-state index in [2.05, 4.69) is 10.2 Å². The molecule has 0 saturated carbocycles. The van der Waals surface area contributed by atoms with Crippen LogP contribution in [-0.4, -0.2) is 38.1 Å². The summed E-state index contributed by atoms with van der Waals surface area (Å²) in [6.07, 6.45) is 2.47. The minimum absolute atomic E-state index is 0.208. The van der Waals surface area contributed by atoms with E-state index in [1.165, 1.54) is 0 Å². The van der Waals surface area contributed by atoms with Crippen molar-refractivity contribution < 1.29 is 4.74 Å². The summed E-state index contributed by atoms with van der Waals surface area (Å²) in [6.45, 7) is 2.94. The van der Waals surface area contributed by atoms with E-state index >= 15 is 0 Å². The first-order chi connectivity index (χ1) is 13.1. The number of hydrogen-bond acceptors (Lipinski definition) is 5. The second-order valence-corrected chi connectivity index (χ2v) is 6.59. The van der Waals surface area contributed by atoms with Gasteiger partial charge in [0.1, 0.15) is 5.52 Å². The Morgan fingerprint density at radius 1 is 1.15 bits per heavy atom. The summed E-state index contributed by atoms with van der Waals surface area (Å²) in [6, 6.07) is 9.39. The molecule has 27 heavy (non-hydrogen) atoms. The Labute approximate surface area is 160 Å². The molecule has 0 fully saturated rings. The second-order valence-electron chi connectivity index (χ2n) is 6.16. The molecule has 4 aromatic rings. The molecule has 4 rings (SSSR count). The van der Waals surface area contributed by atoms with Gasteiger partial charge in [-0.25, -0.2) is 4.52 Å². The van der Waals surface area contributed by atoms with E-state index in [0.717, 1.165) is 23.2 Å². The van der Waals surface area contributed by atoms with Gasteiger partial charge in [-0.1, -0.05) is 30.7 Å². The standard InChI is InChI=1S/C19H18ClN5O2/c1-3-14-16(12-4-6-13(20)7-5-12)18-22-21-17-15(25(18)23-14)8-9-24(19(17)26)10-11-27-2/h4-9H,3,10-11H2,1-2H3. The summed E-state index contributed by atoms with van der Waals surface area (Å²) in [7, 11) is 1.60. The summed E-state index contributed by atoms with van der Waals surface area (Å²) in [5.41, 5.74) is 4.10.